The van der Waals surface area contributed by atoms with E-state index in [4.69, 9.17) is 0 Å². The lowest BCUT2D eigenvalue weighted by Gasteiger charge is -2.13. The summed E-state index contributed by atoms with van der Waals surface area (Å²) in [7, 11) is 0. The number of thioether (sulfide) groups is 1. The molecule has 0 aliphatic heterocycles. The molecular weight excluding hydrogens is 376 g/mol. The molecule has 1 N–H and O–H groups in total. The molecule has 0 saturated carbocycles. The standard InChI is InChI=1S/C17H19F2N5S2/c1-3-11-6-5-7-12(4-2)14(11)21-16-22-23-17(26-16)25-10-13-20-8-9-24(13)15(18)19/h5-9,15H,3-4,10H2,1-2H3,(H,21,22). The normalized spacial score (nSPS) is 11.3. The summed E-state index contributed by atoms with van der Waals surface area (Å²) < 4.78 is 27.3. The third-order valence-electron chi connectivity index (χ3n) is 3.92. The summed E-state index contributed by atoms with van der Waals surface area (Å²) in [5.74, 6) is 0.636. The maximum atomic E-state index is 12.9. The lowest BCUT2D eigenvalue weighted by molar-refractivity contribution is 0.0678. The molecule has 0 amide bonds. The molecule has 3 rings (SSSR count). The quantitative estimate of drug-likeness (QED) is 0.525. The van der Waals surface area contributed by atoms with Crippen molar-refractivity contribution in [1.29, 1.82) is 0 Å². The highest BCUT2D eigenvalue weighted by Crippen LogP contribution is 2.32. The Bertz CT molecular complexity index is 840. The van der Waals surface area contributed by atoms with E-state index in [2.05, 4.69) is 52.5 Å². The number of hydrogen-bond acceptors (Lipinski definition) is 6. The molecule has 5 nitrogen and oxygen atoms in total. The van der Waals surface area contributed by atoms with Crippen LogP contribution < -0.4 is 5.32 Å². The minimum atomic E-state index is -2.59. The van der Waals surface area contributed by atoms with Gasteiger partial charge < -0.3 is 5.32 Å². The van der Waals surface area contributed by atoms with Crippen molar-refractivity contribution in [2.24, 2.45) is 0 Å². The molecule has 0 aliphatic carbocycles. The van der Waals surface area contributed by atoms with Crippen molar-refractivity contribution in [3.63, 3.8) is 0 Å². The number of halogens is 2. The highest BCUT2D eigenvalue weighted by molar-refractivity contribution is 8.00. The Labute approximate surface area is 158 Å². The number of anilines is 2. The first-order valence-electron chi connectivity index (χ1n) is 8.26. The lowest BCUT2D eigenvalue weighted by Crippen LogP contribution is -2.01. The van der Waals surface area contributed by atoms with Crippen LogP contribution in [0.3, 0.4) is 0 Å². The fourth-order valence-corrected chi connectivity index (χ4v) is 4.29. The van der Waals surface area contributed by atoms with Gasteiger partial charge in [0, 0.05) is 18.1 Å². The Morgan fingerprint density at radius 1 is 1.19 bits per heavy atom. The van der Waals surface area contributed by atoms with Gasteiger partial charge in [0.25, 0.3) is 0 Å². The first kappa shape index (κ1) is 18.8. The first-order valence-corrected chi connectivity index (χ1v) is 10.1. The lowest BCUT2D eigenvalue weighted by atomic mass is 10.0. The molecule has 138 valence electrons. The van der Waals surface area contributed by atoms with E-state index in [1.165, 1.54) is 46.6 Å². The van der Waals surface area contributed by atoms with Gasteiger partial charge in [-0.05, 0) is 24.0 Å². The van der Waals surface area contributed by atoms with Gasteiger partial charge in [-0.3, -0.25) is 4.57 Å². The van der Waals surface area contributed by atoms with Crippen LogP contribution in [-0.2, 0) is 18.6 Å². The van der Waals surface area contributed by atoms with Gasteiger partial charge >= 0.3 is 6.55 Å². The topological polar surface area (TPSA) is 55.6 Å². The number of para-hydroxylation sites is 1. The smallest absolute Gasteiger partial charge is 0.319 e. The maximum absolute atomic E-state index is 12.9. The molecule has 0 aliphatic rings. The van der Waals surface area contributed by atoms with Crippen molar-refractivity contribution in [3.05, 3.63) is 47.5 Å². The van der Waals surface area contributed by atoms with Crippen LogP contribution in [0.25, 0.3) is 0 Å². The molecule has 0 radical (unpaired) electrons. The van der Waals surface area contributed by atoms with Crippen LogP contribution in [0.4, 0.5) is 19.6 Å². The van der Waals surface area contributed by atoms with Gasteiger partial charge in [0.1, 0.15) is 5.82 Å². The van der Waals surface area contributed by atoms with Gasteiger partial charge in [0.15, 0.2) is 4.34 Å². The molecule has 0 atom stereocenters. The monoisotopic (exact) mass is 395 g/mol. The minimum absolute atomic E-state index is 0.317. The number of imidazole rings is 1. The molecule has 1 aromatic carbocycles. The number of alkyl halides is 2. The summed E-state index contributed by atoms with van der Waals surface area (Å²) in [6, 6.07) is 6.26. The highest BCUT2D eigenvalue weighted by Gasteiger charge is 2.14. The number of rotatable bonds is 8. The zero-order valence-electron chi connectivity index (χ0n) is 14.4. The van der Waals surface area contributed by atoms with Gasteiger partial charge in [-0.1, -0.05) is 55.1 Å². The number of benzene rings is 1. The van der Waals surface area contributed by atoms with Crippen LogP contribution in [0.15, 0.2) is 34.9 Å². The summed E-state index contributed by atoms with van der Waals surface area (Å²) in [4.78, 5) is 3.98. The van der Waals surface area contributed by atoms with E-state index in [9.17, 15) is 8.78 Å². The van der Waals surface area contributed by atoms with Gasteiger partial charge in [-0.25, -0.2) is 4.98 Å². The van der Waals surface area contributed by atoms with Crippen LogP contribution in [0, 0.1) is 0 Å². The molecule has 0 spiro atoms. The molecule has 3 aromatic rings. The van der Waals surface area contributed by atoms with Crippen molar-refractivity contribution in [2.45, 2.75) is 43.3 Å². The third kappa shape index (κ3) is 4.21. The average molecular weight is 396 g/mol. The summed E-state index contributed by atoms with van der Waals surface area (Å²) in [5, 5.41) is 12.4. The molecular formula is C17H19F2N5S2. The minimum Gasteiger partial charge on any atom is -0.330 e. The van der Waals surface area contributed by atoms with E-state index in [1.807, 2.05) is 0 Å². The van der Waals surface area contributed by atoms with Gasteiger partial charge in [0.2, 0.25) is 5.13 Å². The van der Waals surface area contributed by atoms with Crippen LogP contribution in [0.2, 0.25) is 0 Å². The van der Waals surface area contributed by atoms with E-state index >= 15 is 0 Å². The van der Waals surface area contributed by atoms with Crippen LogP contribution in [-0.4, -0.2) is 19.7 Å². The van der Waals surface area contributed by atoms with Gasteiger partial charge in [-0.2, -0.15) is 8.78 Å². The molecule has 2 heterocycles. The Morgan fingerprint density at radius 2 is 1.92 bits per heavy atom. The Balaban J connectivity index is 1.70. The van der Waals surface area contributed by atoms with Crippen molar-refractivity contribution in [3.8, 4) is 0 Å². The maximum Gasteiger partial charge on any atom is 0.319 e. The van der Waals surface area contributed by atoms with E-state index in [0.717, 1.165) is 23.1 Å². The number of hydrogen-bond donors (Lipinski definition) is 1. The Morgan fingerprint density at radius 3 is 2.58 bits per heavy atom. The predicted molar refractivity (Wildman–Crippen MR) is 101 cm³/mol. The molecule has 0 bridgehead atoms. The van der Waals surface area contributed by atoms with E-state index in [-0.39, 0.29) is 0 Å². The molecule has 0 fully saturated rings. The summed E-state index contributed by atoms with van der Waals surface area (Å²) in [5.41, 5.74) is 3.54. The molecule has 9 heteroatoms. The van der Waals surface area contributed by atoms with Crippen molar-refractivity contribution >= 4 is 33.9 Å². The predicted octanol–water partition coefficient (Wildman–Crippen LogP) is 5.29. The molecule has 0 saturated heterocycles. The Hall–Kier alpha value is -2.00. The van der Waals surface area contributed by atoms with Crippen molar-refractivity contribution in [1.82, 2.24) is 19.7 Å². The number of nitrogens with zero attached hydrogens (tertiary/aromatic N) is 4. The summed E-state index contributed by atoms with van der Waals surface area (Å²) in [6.45, 7) is 1.65. The van der Waals surface area contributed by atoms with Crippen LogP contribution >= 0.6 is 23.1 Å². The fraction of sp³-hybridized carbons (Fsp3) is 0.353. The van der Waals surface area contributed by atoms with Gasteiger partial charge in [0.05, 0.1) is 5.75 Å². The second kappa shape index (κ2) is 8.59. The van der Waals surface area contributed by atoms with Crippen LogP contribution in [0.1, 0.15) is 37.3 Å². The SMILES string of the molecule is CCc1cccc(CC)c1Nc1nnc(SCc2nccn2C(F)F)s1. The number of nitrogens with one attached hydrogen (secondary N) is 1. The van der Waals surface area contributed by atoms with Crippen LogP contribution in [0.5, 0.6) is 0 Å². The average Bonchev–Trinajstić information content (AvgIpc) is 3.29. The second-order valence-corrected chi connectivity index (χ2v) is 7.67. The first-order chi connectivity index (χ1) is 12.6. The van der Waals surface area contributed by atoms with Crippen molar-refractivity contribution < 1.29 is 8.78 Å². The van der Waals surface area contributed by atoms with Gasteiger partial charge in [-0.15, -0.1) is 10.2 Å². The zero-order valence-corrected chi connectivity index (χ0v) is 16.1. The molecule has 2 aromatic heterocycles. The van der Waals surface area contributed by atoms with E-state index < -0.39 is 6.55 Å². The van der Waals surface area contributed by atoms with E-state index in [0.29, 0.717) is 21.0 Å². The largest absolute Gasteiger partial charge is 0.330 e. The fourth-order valence-electron chi connectivity index (χ4n) is 2.59. The Kier molecular flexibility index (Phi) is 6.20. The highest BCUT2D eigenvalue weighted by atomic mass is 32.2. The summed E-state index contributed by atoms with van der Waals surface area (Å²) in [6.07, 6.45) is 4.50. The second-order valence-electron chi connectivity index (χ2n) is 5.47. The summed E-state index contributed by atoms with van der Waals surface area (Å²) >= 11 is 2.76. The number of aryl methyl sites for hydroxylation is 2. The van der Waals surface area contributed by atoms with Crippen molar-refractivity contribution in [2.75, 3.05) is 5.32 Å². The number of aromatic nitrogens is 4. The molecule has 26 heavy (non-hydrogen) atoms. The third-order valence-corrected chi connectivity index (χ3v) is 5.89. The van der Waals surface area contributed by atoms with E-state index in [1.54, 1.807) is 0 Å². The zero-order chi connectivity index (χ0) is 18.5. The molecule has 0 unspecified atom stereocenters.